The maximum Gasteiger partial charge on any atom is 0.156 e. The van der Waals surface area contributed by atoms with Crippen molar-refractivity contribution in [2.45, 2.75) is 6.92 Å². The zero-order valence-corrected chi connectivity index (χ0v) is 10.8. The third-order valence-corrected chi connectivity index (χ3v) is 2.97. The zero-order valence-electron chi connectivity index (χ0n) is 10.0. The van der Waals surface area contributed by atoms with Gasteiger partial charge >= 0.3 is 0 Å². The number of anilines is 1. The van der Waals surface area contributed by atoms with Crippen molar-refractivity contribution >= 4 is 29.8 Å². The second-order valence-electron chi connectivity index (χ2n) is 3.59. The number of pyridine rings is 1. The quantitative estimate of drug-likeness (QED) is 0.593. The molecule has 0 fully saturated rings. The minimum Gasteiger partial charge on any atom is -0.377 e. The third kappa shape index (κ3) is 2.85. The molecule has 0 N–H and O–H groups in total. The Hall–Kier alpha value is -1.29. The number of aromatic nitrogens is 1. The number of aryl methyl sites for hydroxylation is 1. The van der Waals surface area contributed by atoms with E-state index in [2.05, 4.69) is 4.98 Å². The van der Waals surface area contributed by atoms with E-state index in [4.69, 9.17) is 0 Å². The van der Waals surface area contributed by atoms with E-state index in [1.807, 2.05) is 44.3 Å². The first-order valence-electron chi connectivity index (χ1n) is 4.94. The lowest BCUT2D eigenvalue weighted by molar-refractivity contribution is -0.104. The molecule has 16 heavy (non-hydrogen) atoms. The Bertz CT molecular complexity index is 413. The number of carbonyl (C=O) groups is 1. The van der Waals surface area contributed by atoms with Crippen LogP contribution in [0.2, 0.25) is 0 Å². The van der Waals surface area contributed by atoms with Crippen LogP contribution in [0, 0.1) is 6.92 Å². The first kappa shape index (κ1) is 12.8. The van der Waals surface area contributed by atoms with Gasteiger partial charge in [-0.05, 0) is 25.3 Å². The number of hydrogen-bond donors (Lipinski definition) is 0. The minimum absolute atomic E-state index is 0.708. The molecule has 3 nitrogen and oxygen atoms in total. The fraction of sp³-hybridized carbons (Fsp3) is 0.333. The predicted molar refractivity (Wildman–Crippen MR) is 70.9 cm³/mol. The van der Waals surface area contributed by atoms with Crippen LogP contribution in [0.1, 0.15) is 11.3 Å². The Morgan fingerprint density at radius 3 is 2.69 bits per heavy atom. The van der Waals surface area contributed by atoms with E-state index in [0.717, 1.165) is 23.2 Å². The summed E-state index contributed by atoms with van der Waals surface area (Å²) in [5.41, 5.74) is 3.00. The fourth-order valence-electron chi connectivity index (χ4n) is 1.42. The van der Waals surface area contributed by atoms with Crippen LogP contribution in [0.3, 0.4) is 0 Å². The summed E-state index contributed by atoms with van der Waals surface area (Å²) in [5, 5.41) is 0. The van der Waals surface area contributed by atoms with Gasteiger partial charge in [0.25, 0.3) is 0 Å². The minimum atomic E-state index is 0.708. The summed E-state index contributed by atoms with van der Waals surface area (Å²) >= 11 is 1.44. The highest BCUT2D eigenvalue weighted by Crippen LogP contribution is 2.25. The summed E-state index contributed by atoms with van der Waals surface area (Å²) in [6.07, 6.45) is 6.43. The van der Waals surface area contributed by atoms with Crippen LogP contribution >= 0.6 is 11.8 Å². The number of allylic oxidation sites excluding steroid dienone is 1. The van der Waals surface area contributed by atoms with Gasteiger partial charge in [-0.25, -0.2) is 0 Å². The molecule has 1 heterocycles. The molecule has 1 rings (SSSR count). The van der Waals surface area contributed by atoms with Crippen molar-refractivity contribution < 1.29 is 4.79 Å². The highest BCUT2D eigenvalue weighted by Gasteiger charge is 2.07. The lowest BCUT2D eigenvalue weighted by atomic mass is 10.1. The molecule has 86 valence electrons. The van der Waals surface area contributed by atoms with Crippen LogP contribution in [-0.2, 0) is 4.79 Å². The molecule has 0 unspecified atom stereocenters. The van der Waals surface area contributed by atoms with E-state index in [1.54, 1.807) is 6.20 Å². The van der Waals surface area contributed by atoms with Crippen LogP contribution in [0.5, 0.6) is 0 Å². The molecular weight excluding hydrogens is 220 g/mol. The second kappa shape index (κ2) is 5.70. The van der Waals surface area contributed by atoms with Gasteiger partial charge in [0.05, 0.1) is 0 Å². The maximum absolute atomic E-state index is 10.8. The molecule has 4 heteroatoms. The molecule has 0 atom stereocenters. The fourth-order valence-corrected chi connectivity index (χ4v) is 1.75. The predicted octanol–water partition coefficient (Wildman–Crippen LogP) is 2.36. The van der Waals surface area contributed by atoms with Gasteiger partial charge in [-0.2, -0.15) is 0 Å². The molecule has 0 aliphatic heterocycles. The highest BCUT2D eigenvalue weighted by atomic mass is 32.2. The van der Waals surface area contributed by atoms with Crippen molar-refractivity contribution in [1.82, 2.24) is 4.98 Å². The molecule has 0 radical (unpaired) electrons. The van der Waals surface area contributed by atoms with Crippen LogP contribution in [0.25, 0.3) is 6.08 Å². The SMILES string of the molecule is CS/C(C=O)=C\c1c(N(C)C)ccnc1C. The van der Waals surface area contributed by atoms with Gasteiger partial charge < -0.3 is 4.90 Å². The van der Waals surface area contributed by atoms with Gasteiger partial charge in [0, 0.05) is 42.1 Å². The molecular formula is C12H16N2OS. The molecule has 0 bridgehead atoms. The van der Waals surface area contributed by atoms with Gasteiger partial charge in [-0.15, -0.1) is 11.8 Å². The Morgan fingerprint density at radius 2 is 2.19 bits per heavy atom. The Balaban J connectivity index is 3.30. The Morgan fingerprint density at radius 1 is 1.50 bits per heavy atom. The number of thioether (sulfide) groups is 1. The molecule has 1 aromatic rings. The van der Waals surface area contributed by atoms with Crippen molar-refractivity contribution in [3.05, 3.63) is 28.4 Å². The lowest BCUT2D eigenvalue weighted by Gasteiger charge is -2.16. The molecule has 0 amide bonds. The Labute approximate surface area is 101 Å². The second-order valence-corrected chi connectivity index (χ2v) is 4.47. The smallest absolute Gasteiger partial charge is 0.156 e. The van der Waals surface area contributed by atoms with Crippen molar-refractivity contribution in [2.24, 2.45) is 0 Å². The van der Waals surface area contributed by atoms with Crippen molar-refractivity contribution in [2.75, 3.05) is 25.3 Å². The van der Waals surface area contributed by atoms with E-state index >= 15 is 0 Å². The maximum atomic E-state index is 10.8. The van der Waals surface area contributed by atoms with Gasteiger partial charge in [0.1, 0.15) is 0 Å². The highest BCUT2D eigenvalue weighted by molar-refractivity contribution is 8.03. The number of rotatable bonds is 4. The topological polar surface area (TPSA) is 33.2 Å². The molecule has 0 aromatic carbocycles. The summed E-state index contributed by atoms with van der Waals surface area (Å²) in [7, 11) is 3.96. The standard InChI is InChI=1S/C12H16N2OS/c1-9-11(7-10(8-15)16-4)12(14(2)3)5-6-13-9/h5-8H,1-4H3/b10-7-. The van der Waals surface area contributed by atoms with Crippen molar-refractivity contribution in [3.8, 4) is 0 Å². The summed E-state index contributed by atoms with van der Waals surface area (Å²) in [4.78, 5) is 17.8. The summed E-state index contributed by atoms with van der Waals surface area (Å²) < 4.78 is 0. The third-order valence-electron chi connectivity index (χ3n) is 2.29. The average Bonchev–Trinajstić information content (AvgIpc) is 2.27. The molecule has 0 spiro atoms. The van der Waals surface area contributed by atoms with E-state index in [0.29, 0.717) is 4.91 Å². The molecule has 0 saturated carbocycles. The summed E-state index contributed by atoms with van der Waals surface area (Å²) in [6, 6.07) is 1.95. The first-order chi connectivity index (χ1) is 7.60. The summed E-state index contributed by atoms with van der Waals surface area (Å²) in [5.74, 6) is 0. The zero-order chi connectivity index (χ0) is 12.1. The molecule has 1 aromatic heterocycles. The normalized spacial score (nSPS) is 11.4. The average molecular weight is 236 g/mol. The molecule has 0 aliphatic carbocycles. The van der Waals surface area contributed by atoms with Gasteiger partial charge in [-0.1, -0.05) is 0 Å². The first-order valence-corrected chi connectivity index (χ1v) is 6.16. The lowest BCUT2D eigenvalue weighted by Crippen LogP contribution is -2.11. The van der Waals surface area contributed by atoms with E-state index in [9.17, 15) is 4.79 Å². The van der Waals surface area contributed by atoms with E-state index in [1.165, 1.54) is 11.8 Å². The van der Waals surface area contributed by atoms with Gasteiger partial charge in [0.15, 0.2) is 6.29 Å². The monoisotopic (exact) mass is 236 g/mol. The number of hydrogen-bond acceptors (Lipinski definition) is 4. The van der Waals surface area contributed by atoms with E-state index < -0.39 is 0 Å². The summed E-state index contributed by atoms with van der Waals surface area (Å²) in [6.45, 7) is 1.95. The molecule has 0 saturated heterocycles. The number of nitrogens with zero attached hydrogens (tertiary/aromatic N) is 2. The number of aldehydes is 1. The van der Waals surface area contributed by atoms with Crippen molar-refractivity contribution in [3.63, 3.8) is 0 Å². The van der Waals surface area contributed by atoms with Gasteiger partial charge in [0.2, 0.25) is 0 Å². The largest absolute Gasteiger partial charge is 0.377 e. The number of carbonyl (C=O) groups excluding carboxylic acids is 1. The van der Waals surface area contributed by atoms with Crippen LogP contribution in [-0.4, -0.2) is 31.6 Å². The molecule has 0 aliphatic rings. The van der Waals surface area contributed by atoms with Crippen LogP contribution < -0.4 is 4.90 Å². The van der Waals surface area contributed by atoms with Gasteiger partial charge in [-0.3, -0.25) is 9.78 Å². The van der Waals surface area contributed by atoms with Crippen molar-refractivity contribution in [1.29, 1.82) is 0 Å². The Kier molecular flexibility index (Phi) is 4.55. The van der Waals surface area contributed by atoms with E-state index in [-0.39, 0.29) is 0 Å². The van der Waals surface area contributed by atoms with Crippen LogP contribution in [0.15, 0.2) is 17.2 Å². The van der Waals surface area contributed by atoms with Crippen LogP contribution in [0.4, 0.5) is 5.69 Å².